The number of hydrogen-bond acceptors (Lipinski definition) is 3. The van der Waals surface area contributed by atoms with Crippen molar-refractivity contribution in [1.29, 1.82) is 0 Å². The van der Waals surface area contributed by atoms with E-state index in [0.29, 0.717) is 16.4 Å². The van der Waals surface area contributed by atoms with E-state index in [0.717, 1.165) is 23.1 Å². The second-order valence-electron chi connectivity index (χ2n) is 6.42. The first-order valence-corrected chi connectivity index (χ1v) is 8.38. The molecule has 4 rings (SSSR count). The van der Waals surface area contributed by atoms with Crippen molar-refractivity contribution in [3.63, 3.8) is 0 Å². The van der Waals surface area contributed by atoms with Gasteiger partial charge in [-0.05, 0) is 37.3 Å². The largest absolute Gasteiger partial charge is 0.325 e. The molecule has 1 atom stereocenters. The Labute approximate surface area is 157 Å². The van der Waals surface area contributed by atoms with Crippen LogP contribution in [0.3, 0.4) is 0 Å². The Morgan fingerprint density at radius 2 is 1.96 bits per heavy atom. The number of aromatic nitrogens is 2. The van der Waals surface area contributed by atoms with Crippen LogP contribution in [-0.4, -0.2) is 26.2 Å². The number of fused-ring (bicyclic) bond motifs is 1. The van der Waals surface area contributed by atoms with E-state index < -0.39 is 29.1 Å². The Hall–Kier alpha value is -3.00. The van der Waals surface area contributed by atoms with Crippen LogP contribution in [0.2, 0.25) is 5.02 Å². The Kier molecular flexibility index (Phi) is 3.88. The smallest absolute Gasteiger partial charge is 0.319 e. The van der Waals surface area contributed by atoms with E-state index in [1.807, 2.05) is 0 Å². The fourth-order valence-electron chi connectivity index (χ4n) is 3.16. The number of nitrogens with zero attached hydrogens (tertiary/aromatic N) is 3. The molecule has 138 valence electrons. The molecule has 1 N–H and O–H groups in total. The number of hydrogen-bond donors (Lipinski definition) is 1. The van der Waals surface area contributed by atoms with Gasteiger partial charge in [0, 0.05) is 18.0 Å². The van der Waals surface area contributed by atoms with Crippen LogP contribution in [0, 0.1) is 11.6 Å². The number of urea groups is 1. The van der Waals surface area contributed by atoms with Crippen molar-refractivity contribution in [1.82, 2.24) is 19.6 Å². The third-order valence-corrected chi connectivity index (χ3v) is 4.75. The Balaban J connectivity index is 1.67. The van der Waals surface area contributed by atoms with Crippen molar-refractivity contribution in [3.05, 3.63) is 70.6 Å². The number of carbonyl (C=O) groups is 2. The Morgan fingerprint density at radius 3 is 2.74 bits per heavy atom. The quantitative estimate of drug-likeness (QED) is 0.698. The number of halogens is 3. The van der Waals surface area contributed by atoms with Crippen LogP contribution in [-0.2, 0) is 16.9 Å². The SMILES string of the molecule is C[C@@]1(c2cc(F)ccc2F)NC(=O)N(Cc2cn3cc(Cl)ccc3n2)C1=O. The molecule has 0 spiro atoms. The maximum atomic E-state index is 14.2. The number of benzene rings is 1. The second-order valence-corrected chi connectivity index (χ2v) is 6.85. The van der Waals surface area contributed by atoms with Gasteiger partial charge in [-0.2, -0.15) is 0 Å². The van der Waals surface area contributed by atoms with Gasteiger partial charge in [0.15, 0.2) is 0 Å². The molecule has 1 aliphatic rings. The maximum absolute atomic E-state index is 14.2. The van der Waals surface area contributed by atoms with E-state index in [-0.39, 0.29) is 12.1 Å². The molecular formula is C18H13ClF2N4O2. The van der Waals surface area contributed by atoms with Gasteiger partial charge in [-0.1, -0.05) is 11.6 Å². The van der Waals surface area contributed by atoms with Gasteiger partial charge in [0.25, 0.3) is 5.91 Å². The maximum Gasteiger partial charge on any atom is 0.325 e. The number of amides is 3. The number of pyridine rings is 1. The summed E-state index contributed by atoms with van der Waals surface area (Å²) in [5, 5.41) is 2.96. The van der Waals surface area contributed by atoms with Gasteiger partial charge in [-0.3, -0.25) is 9.69 Å². The van der Waals surface area contributed by atoms with Crippen LogP contribution in [0.4, 0.5) is 13.6 Å². The lowest BCUT2D eigenvalue weighted by atomic mass is 9.91. The molecule has 27 heavy (non-hydrogen) atoms. The molecule has 1 aliphatic heterocycles. The summed E-state index contributed by atoms with van der Waals surface area (Å²) in [5.74, 6) is -2.17. The molecule has 0 bridgehead atoms. The summed E-state index contributed by atoms with van der Waals surface area (Å²) in [7, 11) is 0. The molecule has 2 aromatic heterocycles. The van der Waals surface area contributed by atoms with Crippen LogP contribution in [0.15, 0.2) is 42.7 Å². The topological polar surface area (TPSA) is 66.7 Å². The minimum atomic E-state index is -1.70. The highest BCUT2D eigenvalue weighted by atomic mass is 35.5. The molecule has 3 aromatic rings. The fourth-order valence-corrected chi connectivity index (χ4v) is 3.33. The summed E-state index contributed by atoms with van der Waals surface area (Å²) in [4.78, 5) is 30.5. The number of rotatable bonds is 3. The van der Waals surface area contributed by atoms with Crippen molar-refractivity contribution in [2.45, 2.75) is 19.0 Å². The molecule has 9 heteroatoms. The lowest BCUT2D eigenvalue weighted by molar-refractivity contribution is -0.131. The van der Waals surface area contributed by atoms with Crippen molar-refractivity contribution in [3.8, 4) is 0 Å². The van der Waals surface area contributed by atoms with E-state index in [1.54, 1.807) is 28.9 Å². The van der Waals surface area contributed by atoms with Gasteiger partial charge in [-0.15, -0.1) is 0 Å². The average Bonchev–Trinajstić information content (AvgIpc) is 3.11. The first-order valence-electron chi connectivity index (χ1n) is 8.01. The van der Waals surface area contributed by atoms with E-state index in [9.17, 15) is 18.4 Å². The normalized spacial score (nSPS) is 19.8. The zero-order valence-corrected chi connectivity index (χ0v) is 14.8. The summed E-state index contributed by atoms with van der Waals surface area (Å²) < 4.78 is 29.4. The average molecular weight is 391 g/mol. The molecule has 0 saturated carbocycles. The van der Waals surface area contributed by atoms with Crippen molar-refractivity contribution < 1.29 is 18.4 Å². The zero-order chi connectivity index (χ0) is 19.3. The predicted octanol–water partition coefficient (Wildman–Crippen LogP) is 3.23. The zero-order valence-electron chi connectivity index (χ0n) is 14.0. The monoisotopic (exact) mass is 390 g/mol. The molecule has 3 amide bonds. The predicted molar refractivity (Wildman–Crippen MR) is 93.0 cm³/mol. The van der Waals surface area contributed by atoms with Crippen molar-refractivity contribution in [2.75, 3.05) is 0 Å². The molecular weight excluding hydrogens is 378 g/mol. The molecule has 0 aliphatic carbocycles. The van der Waals surface area contributed by atoms with Crippen LogP contribution < -0.4 is 5.32 Å². The number of imidazole rings is 1. The fraction of sp³-hybridized carbons (Fsp3) is 0.167. The summed E-state index contributed by atoms with van der Waals surface area (Å²) in [6.45, 7) is 1.23. The van der Waals surface area contributed by atoms with Gasteiger partial charge in [-0.25, -0.2) is 18.6 Å². The molecule has 3 heterocycles. The molecule has 1 saturated heterocycles. The van der Waals surface area contributed by atoms with Gasteiger partial charge in [0.1, 0.15) is 22.8 Å². The van der Waals surface area contributed by atoms with Gasteiger partial charge in [0.05, 0.1) is 17.3 Å². The van der Waals surface area contributed by atoms with Crippen LogP contribution in [0.5, 0.6) is 0 Å². The van der Waals surface area contributed by atoms with E-state index in [4.69, 9.17) is 11.6 Å². The molecule has 0 radical (unpaired) electrons. The third-order valence-electron chi connectivity index (χ3n) is 4.53. The summed E-state index contributed by atoms with van der Waals surface area (Å²) >= 11 is 5.93. The summed E-state index contributed by atoms with van der Waals surface area (Å²) in [5.41, 5.74) is -0.888. The van der Waals surface area contributed by atoms with Gasteiger partial charge in [0.2, 0.25) is 0 Å². The first-order chi connectivity index (χ1) is 12.8. The lowest BCUT2D eigenvalue weighted by Gasteiger charge is -2.22. The summed E-state index contributed by atoms with van der Waals surface area (Å²) in [6.07, 6.45) is 3.28. The number of carbonyl (C=O) groups excluding carboxylic acids is 2. The van der Waals surface area contributed by atoms with Crippen molar-refractivity contribution >= 4 is 29.2 Å². The number of imide groups is 1. The second kappa shape index (κ2) is 6.02. The Bertz CT molecular complexity index is 1100. The minimum Gasteiger partial charge on any atom is -0.319 e. The van der Waals surface area contributed by atoms with E-state index >= 15 is 0 Å². The van der Waals surface area contributed by atoms with Gasteiger partial charge >= 0.3 is 6.03 Å². The van der Waals surface area contributed by atoms with Crippen LogP contribution in [0.25, 0.3) is 5.65 Å². The highest BCUT2D eigenvalue weighted by Gasteiger charge is 2.50. The lowest BCUT2D eigenvalue weighted by Crippen LogP contribution is -2.41. The van der Waals surface area contributed by atoms with Crippen LogP contribution in [0.1, 0.15) is 18.2 Å². The molecule has 0 unspecified atom stereocenters. The number of nitrogens with one attached hydrogen (secondary N) is 1. The third kappa shape index (κ3) is 2.82. The summed E-state index contributed by atoms with van der Waals surface area (Å²) in [6, 6.07) is 5.44. The van der Waals surface area contributed by atoms with E-state index in [2.05, 4.69) is 10.3 Å². The highest BCUT2D eigenvalue weighted by molar-refractivity contribution is 6.30. The molecule has 1 fully saturated rings. The van der Waals surface area contributed by atoms with E-state index in [1.165, 1.54) is 6.92 Å². The molecule has 1 aromatic carbocycles. The van der Waals surface area contributed by atoms with Crippen LogP contribution >= 0.6 is 11.6 Å². The first kappa shape index (κ1) is 17.4. The minimum absolute atomic E-state index is 0.115. The Morgan fingerprint density at radius 1 is 1.19 bits per heavy atom. The van der Waals surface area contributed by atoms with Gasteiger partial charge < -0.3 is 9.72 Å². The van der Waals surface area contributed by atoms with Crippen molar-refractivity contribution in [2.24, 2.45) is 0 Å². The highest BCUT2D eigenvalue weighted by Crippen LogP contribution is 2.32. The molecule has 6 nitrogen and oxygen atoms in total. The standard InChI is InChI=1S/C18H13ClF2N4O2/c1-18(13-6-11(20)3-4-14(13)21)16(26)25(17(27)23-18)9-12-8-24-7-10(19)2-5-15(24)22-12/h2-8H,9H2,1H3,(H,23,27)/t18-/m0/s1.